The zero-order valence-corrected chi connectivity index (χ0v) is 13.4. The fraction of sp³-hybridized carbons (Fsp3) is 0.353. The number of rotatable bonds is 4. The van der Waals surface area contributed by atoms with E-state index in [1.165, 1.54) is 0 Å². The van der Waals surface area contributed by atoms with Gasteiger partial charge in [0, 0.05) is 18.2 Å². The molecule has 7 heteroatoms. The molecule has 1 aromatic heterocycles. The number of nitrogens with zero attached hydrogens (tertiary/aromatic N) is 2. The fourth-order valence-electron chi connectivity index (χ4n) is 2.95. The van der Waals surface area contributed by atoms with Gasteiger partial charge in [0.2, 0.25) is 11.8 Å². The highest BCUT2D eigenvalue weighted by atomic mass is 16.3. The number of carbonyl (C=O) groups excluding carboxylic acids is 2. The summed E-state index contributed by atoms with van der Waals surface area (Å²) in [6.07, 6.45) is 2.10. The lowest BCUT2D eigenvalue weighted by Crippen LogP contribution is -2.40. The Morgan fingerprint density at radius 1 is 1.38 bits per heavy atom. The lowest BCUT2D eigenvalue weighted by molar-refractivity contribution is -0.131. The van der Waals surface area contributed by atoms with Crippen LogP contribution in [0.25, 0.3) is 0 Å². The molecule has 0 radical (unpaired) electrons. The number of hydrogen-bond acceptors (Lipinski definition) is 5. The van der Waals surface area contributed by atoms with Gasteiger partial charge in [0.05, 0.1) is 12.2 Å². The highest BCUT2D eigenvalue weighted by Crippen LogP contribution is 2.31. The molecule has 0 aliphatic carbocycles. The molecule has 1 saturated heterocycles. The number of nitrogens with two attached hydrogens (primary N) is 1. The van der Waals surface area contributed by atoms with E-state index < -0.39 is 0 Å². The van der Waals surface area contributed by atoms with Crippen LogP contribution in [0, 0.1) is 6.92 Å². The van der Waals surface area contributed by atoms with Gasteiger partial charge in [-0.1, -0.05) is 18.2 Å². The van der Waals surface area contributed by atoms with Gasteiger partial charge in [-0.15, -0.1) is 0 Å². The SMILES string of the molecule is Cc1coc(C2CC(NC(=O)c3ccccc3)CN2C(=O)CN)n1. The monoisotopic (exact) mass is 328 g/mol. The summed E-state index contributed by atoms with van der Waals surface area (Å²) < 4.78 is 5.45. The predicted molar refractivity (Wildman–Crippen MR) is 87.1 cm³/mol. The van der Waals surface area contributed by atoms with Crippen molar-refractivity contribution >= 4 is 11.8 Å². The fourth-order valence-corrected chi connectivity index (χ4v) is 2.95. The van der Waals surface area contributed by atoms with E-state index in [1.807, 2.05) is 25.1 Å². The van der Waals surface area contributed by atoms with Gasteiger partial charge in [0.15, 0.2) is 0 Å². The number of carbonyl (C=O) groups is 2. The van der Waals surface area contributed by atoms with E-state index >= 15 is 0 Å². The van der Waals surface area contributed by atoms with Crippen LogP contribution in [-0.2, 0) is 4.79 Å². The van der Waals surface area contributed by atoms with Crippen LogP contribution in [0.1, 0.15) is 34.4 Å². The van der Waals surface area contributed by atoms with Crippen LogP contribution in [0.5, 0.6) is 0 Å². The maximum Gasteiger partial charge on any atom is 0.251 e. The first-order valence-electron chi connectivity index (χ1n) is 7.86. The molecule has 1 aliphatic rings. The van der Waals surface area contributed by atoms with Crippen LogP contribution < -0.4 is 11.1 Å². The summed E-state index contributed by atoms with van der Waals surface area (Å²) in [7, 11) is 0. The standard InChI is InChI=1S/C17H20N4O3/c1-11-10-24-17(19-11)14-7-13(9-21(14)15(22)8-18)20-16(23)12-5-3-2-4-6-12/h2-6,10,13-14H,7-9,18H2,1H3,(H,20,23). The van der Waals surface area contributed by atoms with Crippen molar-refractivity contribution < 1.29 is 14.0 Å². The molecule has 2 atom stereocenters. The van der Waals surface area contributed by atoms with Crippen LogP contribution in [0.2, 0.25) is 0 Å². The van der Waals surface area contributed by atoms with E-state index in [4.69, 9.17) is 10.2 Å². The van der Waals surface area contributed by atoms with Crippen LogP contribution in [0.15, 0.2) is 41.0 Å². The molecule has 1 fully saturated rings. The normalized spacial score (nSPS) is 20.2. The van der Waals surface area contributed by atoms with E-state index in [0.29, 0.717) is 24.4 Å². The first kappa shape index (κ1) is 16.2. The quantitative estimate of drug-likeness (QED) is 0.872. The summed E-state index contributed by atoms with van der Waals surface area (Å²) in [6, 6.07) is 8.50. The van der Waals surface area contributed by atoms with E-state index in [0.717, 1.165) is 5.69 Å². The lowest BCUT2D eigenvalue weighted by Gasteiger charge is -2.21. The third-order valence-electron chi connectivity index (χ3n) is 4.09. The van der Waals surface area contributed by atoms with Gasteiger partial charge in [-0.2, -0.15) is 0 Å². The number of aromatic nitrogens is 1. The largest absolute Gasteiger partial charge is 0.446 e. The number of nitrogens with one attached hydrogen (secondary N) is 1. The average Bonchev–Trinajstić information content (AvgIpc) is 3.21. The summed E-state index contributed by atoms with van der Waals surface area (Å²) in [5.74, 6) is 0.128. The average molecular weight is 328 g/mol. The molecule has 24 heavy (non-hydrogen) atoms. The van der Waals surface area contributed by atoms with Gasteiger partial charge in [-0.3, -0.25) is 9.59 Å². The van der Waals surface area contributed by atoms with Crippen molar-refractivity contribution in [1.29, 1.82) is 0 Å². The van der Waals surface area contributed by atoms with Gasteiger partial charge in [0.25, 0.3) is 5.91 Å². The third kappa shape index (κ3) is 3.30. The number of oxazole rings is 1. The number of hydrogen-bond donors (Lipinski definition) is 2. The van der Waals surface area contributed by atoms with Gasteiger partial charge < -0.3 is 20.4 Å². The molecule has 0 saturated carbocycles. The van der Waals surface area contributed by atoms with Crippen LogP contribution in [-0.4, -0.2) is 40.8 Å². The zero-order valence-electron chi connectivity index (χ0n) is 13.4. The minimum absolute atomic E-state index is 0.0878. The zero-order chi connectivity index (χ0) is 17.1. The Balaban J connectivity index is 1.74. The number of aryl methyl sites for hydroxylation is 1. The lowest BCUT2D eigenvalue weighted by atomic mass is 10.1. The van der Waals surface area contributed by atoms with Crippen molar-refractivity contribution in [2.45, 2.75) is 25.4 Å². The second-order valence-electron chi connectivity index (χ2n) is 5.87. The van der Waals surface area contributed by atoms with Crippen molar-refractivity contribution in [3.63, 3.8) is 0 Å². The topological polar surface area (TPSA) is 101 Å². The minimum atomic E-state index is -0.309. The Hall–Kier alpha value is -2.67. The second kappa shape index (κ2) is 6.84. The van der Waals surface area contributed by atoms with E-state index in [1.54, 1.807) is 23.3 Å². The molecular weight excluding hydrogens is 308 g/mol. The van der Waals surface area contributed by atoms with Gasteiger partial charge in [0.1, 0.15) is 12.3 Å². The van der Waals surface area contributed by atoms with E-state index in [9.17, 15) is 9.59 Å². The maximum absolute atomic E-state index is 12.3. The molecule has 3 rings (SSSR count). The van der Waals surface area contributed by atoms with Crippen molar-refractivity contribution in [2.24, 2.45) is 5.73 Å². The van der Waals surface area contributed by atoms with E-state index in [2.05, 4.69) is 10.3 Å². The molecule has 0 spiro atoms. The molecule has 7 nitrogen and oxygen atoms in total. The van der Waals surface area contributed by atoms with Gasteiger partial charge in [-0.05, 0) is 25.5 Å². The van der Waals surface area contributed by atoms with Crippen molar-refractivity contribution in [3.05, 3.63) is 53.7 Å². The Morgan fingerprint density at radius 2 is 2.12 bits per heavy atom. The van der Waals surface area contributed by atoms with E-state index in [-0.39, 0.29) is 30.4 Å². The summed E-state index contributed by atoms with van der Waals surface area (Å²) in [5, 5.41) is 2.97. The Labute approximate surface area is 139 Å². The summed E-state index contributed by atoms with van der Waals surface area (Å²) in [4.78, 5) is 30.4. The molecule has 0 bridgehead atoms. The first-order chi connectivity index (χ1) is 11.6. The van der Waals surface area contributed by atoms with Crippen LogP contribution in [0.4, 0.5) is 0 Å². The van der Waals surface area contributed by atoms with Gasteiger partial charge in [-0.25, -0.2) is 4.98 Å². The predicted octanol–water partition coefficient (Wildman–Crippen LogP) is 1.01. The molecular formula is C17H20N4O3. The Bertz CT molecular complexity index is 728. The summed E-state index contributed by atoms with van der Waals surface area (Å²) in [6.45, 7) is 2.13. The number of likely N-dealkylation sites (tertiary alicyclic amines) is 1. The molecule has 3 N–H and O–H groups in total. The Kier molecular flexibility index (Phi) is 4.61. The molecule has 1 aromatic carbocycles. The van der Waals surface area contributed by atoms with Crippen molar-refractivity contribution in [1.82, 2.24) is 15.2 Å². The van der Waals surface area contributed by atoms with Crippen molar-refractivity contribution in [2.75, 3.05) is 13.1 Å². The number of benzene rings is 1. The maximum atomic E-state index is 12.3. The summed E-state index contributed by atoms with van der Waals surface area (Å²) >= 11 is 0. The van der Waals surface area contributed by atoms with Gasteiger partial charge >= 0.3 is 0 Å². The molecule has 2 unspecified atom stereocenters. The van der Waals surface area contributed by atoms with Crippen LogP contribution >= 0.6 is 0 Å². The second-order valence-corrected chi connectivity index (χ2v) is 5.87. The smallest absolute Gasteiger partial charge is 0.251 e. The Morgan fingerprint density at radius 3 is 2.75 bits per heavy atom. The molecule has 126 valence electrons. The highest BCUT2D eigenvalue weighted by Gasteiger charge is 2.39. The molecule has 2 heterocycles. The highest BCUT2D eigenvalue weighted by molar-refractivity contribution is 5.94. The summed E-state index contributed by atoms with van der Waals surface area (Å²) in [5.41, 5.74) is 6.84. The van der Waals surface area contributed by atoms with Crippen molar-refractivity contribution in [3.8, 4) is 0 Å². The molecule has 2 amide bonds. The minimum Gasteiger partial charge on any atom is -0.446 e. The molecule has 1 aliphatic heterocycles. The number of amides is 2. The third-order valence-corrected chi connectivity index (χ3v) is 4.09. The molecule has 2 aromatic rings. The van der Waals surface area contributed by atoms with Crippen LogP contribution in [0.3, 0.4) is 0 Å². The first-order valence-corrected chi connectivity index (χ1v) is 7.86.